The van der Waals surface area contributed by atoms with Crippen molar-refractivity contribution in [1.82, 2.24) is 10.2 Å². The molecule has 2 unspecified atom stereocenters. The zero-order chi connectivity index (χ0) is 19.3. The summed E-state index contributed by atoms with van der Waals surface area (Å²) in [6, 6.07) is 5.32. The first kappa shape index (κ1) is 18.7. The van der Waals surface area contributed by atoms with E-state index in [2.05, 4.69) is 21.2 Å². The Morgan fingerprint density at radius 1 is 1.26 bits per heavy atom. The molecule has 27 heavy (non-hydrogen) atoms. The van der Waals surface area contributed by atoms with E-state index in [1.165, 1.54) is 0 Å². The number of alkyl halides is 1. The highest BCUT2D eigenvalue weighted by atomic mass is 79.9. The minimum absolute atomic E-state index is 0.0449. The molecule has 1 spiro atoms. The van der Waals surface area contributed by atoms with Crippen LogP contribution in [0.4, 0.5) is 0 Å². The lowest BCUT2D eigenvalue weighted by atomic mass is 9.76. The molecular weight excluding hydrogens is 408 g/mol. The van der Waals surface area contributed by atoms with Gasteiger partial charge in [0.05, 0.1) is 16.8 Å². The maximum Gasteiger partial charge on any atom is 0.229 e. The van der Waals surface area contributed by atoms with Gasteiger partial charge in [0.2, 0.25) is 5.91 Å². The van der Waals surface area contributed by atoms with Crippen molar-refractivity contribution in [1.29, 1.82) is 0 Å². The van der Waals surface area contributed by atoms with Gasteiger partial charge in [-0.1, -0.05) is 22.0 Å². The van der Waals surface area contributed by atoms with Crippen molar-refractivity contribution < 1.29 is 9.21 Å². The maximum absolute atomic E-state index is 13.0. The molecule has 1 N–H and O–H groups in total. The number of hydrogen-bond acceptors (Lipinski definition) is 4. The van der Waals surface area contributed by atoms with E-state index in [0.29, 0.717) is 23.2 Å². The van der Waals surface area contributed by atoms with Crippen LogP contribution in [-0.2, 0) is 4.79 Å². The summed E-state index contributed by atoms with van der Waals surface area (Å²) in [6.07, 6.45) is 2.39. The van der Waals surface area contributed by atoms with E-state index >= 15 is 0 Å². The number of benzene rings is 1. The van der Waals surface area contributed by atoms with Gasteiger partial charge in [0.25, 0.3) is 0 Å². The van der Waals surface area contributed by atoms with Crippen LogP contribution in [0.2, 0.25) is 0 Å². The average molecular weight is 433 g/mol. The third-order valence-corrected chi connectivity index (χ3v) is 6.66. The molecule has 6 heteroatoms. The van der Waals surface area contributed by atoms with Crippen molar-refractivity contribution in [2.24, 2.45) is 5.41 Å². The summed E-state index contributed by atoms with van der Waals surface area (Å²) >= 11 is 3.62. The topological polar surface area (TPSA) is 62.6 Å². The maximum atomic E-state index is 13.0. The first-order valence-electron chi connectivity index (χ1n) is 9.53. The Bertz CT molecular complexity index is 960. The normalized spacial score (nSPS) is 23.3. The van der Waals surface area contributed by atoms with Crippen molar-refractivity contribution in [2.75, 3.05) is 20.1 Å². The van der Waals surface area contributed by atoms with Crippen LogP contribution >= 0.6 is 15.9 Å². The molecule has 2 aliphatic heterocycles. The monoisotopic (exact) mass is 432 g/mol. The van der Waals surface area contributed by atoms with Crippen molar-refractivity contribution in [2.45, 2.75) is 44.0 Å². The van der Waals surface area contributed by atoms with Gasteiger partial charge >= 0.3 is 0 Å². The van der Waals surface area contributed by atoms with E-state index < -0.39 is 0 Å². The summed E-state index contributed by atoms with van der Waals surface area (Å²) in [7, 11) is 1.83. The fraction of sp³-hybridized carbons (Fsp3) is 0.524. The minimum atomic E-state index is -0.322. The number of nitrogens with one attached hydrogen (secondary N) is 1. The molecule has 2 aliphatic rings. The van der Waals surface area contributed by atoms with Gasteiger partial charge in [0, 0.05) is 23.5 Å². The Labute approximate surface area is 167 Å². The molecule has 2 fully saturated rings. The number of aryl methyl sites for hydroxylation is 1. The molecule has 2 saturated heterocycles. The van der Waals surface area contributed by atoms with Gasteiger partial charge in [-0.15, -0.1) is 0 Å². The molecular formula is C21H25BrN2O3. The number of halogens is 1. The molecule has 1 aromatic heterocycles. The molecule has 2 aromatic rings. The van der Waals surface area contributed by atoms with Crippen molar-refractivity contribution in [3.63, 3.8) is 0 Å². The minimum Gasteiger partial charge on any atom is -0.458 e. The van der Waals surface area contributed by atoms with E-state index in [9.17, 15) is 9.59 Å². The smallest absolute Gasteiger partial charge is 0.229 e. The van der Waals surface area contributed by atoms with Gasteiger partial charge in [-0.05, 0) is 57.8 Å². The number of carbonyl (C=O) groups is 1. The first-order valence-corrected chi connectivity index (χ1v) is 10.4. The molecule has 5 nitrogen and oxygen atoms in total. The molecule has 0 bridgehead atoms. The number of rotatable bonds is 2. The third kappa shape index (κ3) is 3.03. The Morgan fingerprint density at radius 3 is 2.63 bits per heavy atom. The predicted molar refractivity (Wildman–Crippen MR) is 109 cm³/mol. The molecule has 0 saturated carbocycles. The number of carbonyl (C=O) groups excluding carboxylic acids is 1. The number of fused-ring (bicyclic) bond motifs is 1. The predicted octanol–water partition coefficient (Wildman–Crippen LogP) is 3.83. The molecule has 4 rings (SSSR count). The van der Waals surface area contributed by atoms with Crippen LogP contribution in [0.1, 0.15) is 53.9 Å². The second-order valence-corrected chi connectivity index (χ2v) is 9.40. The lowest BCUT2D eigenvalue weighted by Gasteiger charge is -2.31. The number of piperidine rings is 1. The Morgan fingerprint density at radius 2 is 1.96 bits per heavy atom. The van der Waals surface area contributed by atoms with Crippen molar-refractivity contribution in [3.05, 3.63) is 45.3 Å². The van der Waals surface area contributed by atoms with Crippen LogP contribution in [0.25, 0.3) is 11.0 Å². The quantitative estimate of drug-likeness (QED) is 0.732. The highest BCUT2D eigenvalue weighted by Gasteiger charge is 2.51. The molecule has 0 radical (unpaired) electrons. The van der Waals surface area contributed by atoms with E-state index in [0.717, 1.165) is 37.1 Å². The average Bonchev–Trinajstić information content (AvgIpc) is 2.87. The van der Waals surface area contributed by atoms with Gasteiger partial charge in [-0.2, -0.15) is 0 Å². The zero-order valence-electron chi connectivity index (χ0n) is 16.0. The van der Waals surface area contributed by atoms with Crippen molar-refractivity contribution in [3.8, 4) is 0 Å². The van der Waals surface area contributed by atoms with Crippen LogP contribution in [0.3, 0.4) is 0 Å². The molecule has 3 heterocycles. The summed E-state index contributed by atoms with van der Waals surface area (Å²) in [5, 5.41) is 3.94. The fourth-order valence-electron chi connectivity index (χ4n) is 4.64. The SMILES string of the molecule is Cc1cc(C(C)Br)c2oc(C3CC4(CCNCC4)C(=O)N3C)cc(=O)c2c1. The number of amides is 1. The highest BCUT2D eigenvalue weighted by Crippen LogP contribution is 2.48. The van der Waals surface area contributed by atoms with E-state index in [1.807, 2.05) is 33.0 Å². The molecule has 2 atom stereocenters. The fourth-order valence-corrected chi connectivity index (χ4v) is 4.98. The number of likely N-dealkylation sites (tertiary alicyclic amines) is 1. The van der Waals surface area contributed by atoms with Gasteiger partial charge in [0.1, 0.15) is 11.3 Å². The summed E-state index contributed by atoms with van der Waals surface area (Å²) in [5.74, 6) is 0.770. The van der Waals surface area contributed by atoms with Gasteiger partial charge < -0.3 is 14.6 Å². The van der Waals surface area contributed by atoms with Crippen LogP contribution < -0.4 is 10.7 Å². The zero-order valence-corrected chi connectivity index (χ0v) is 17.6. The lowest BCUT2D eigenvalue weighted by molar-refractivity contribution is -0.136. The highest BCUT2D eigenvalue weighted by molar-refractivity contribution is 9.09. The third-order valence-electron chi connectivity index (χ3n) is 6.16. The van der Waals surface area contributed by atoms with Gasteiger partial charge in [-0.3, -0.25) is 9.59 Å². The van der Waals surface area contributed by atoms with Crippen LogP contribution in [0, 0.1) is 12.3 Å². The Hall–Kier alpha value is -1.66. The van der Waals surface area contributed by atoms with Gasteiger partial charge in [0.15, 0.2) is 5.43 Å². The van der Waals surface area contributed by atoms with Crippen LogP contribution in [-0.4, -0.2) is 30.9 Å². The first-order chi connectivity index (χ1) is 12.8. The van der Waals surface area contributed by atoms with Gasteiger partial charge in [-0.25, -0.2) is 0 Å². The summed E-state index contributed by atoms with van der Waals surface area (Å²) in [6.45, 7) is 5.73. The number of hydrogen-bond donors (Lipinski definition) is 1. The summed E-state index contributed by atoms with van der Waals surface area (Å²) in [5.41, 5.74) is 2.26. The van der Waals surface area contributed by atoms with E-state index in [4.69, 9.17) is 4.42 Å². The largest absolute Gasteiger partial charge is 0.458 e. The molecule has 1 amide bonds. The second-order valence-electron chi connectivity index (χ2n) is 8.03. The lowest BCUT2D eigenvalue weighted by Crippen LogP contribution is -2.41. The second kappa shape index (κ2) is 6.74. The van der Waals surface area contributed by atoms with Crippen molar-refractivity contribution >= 4 is 32.8 Å². The molecule has 0 aliphatic carbocycles. The standard InChI is InChI=1S/C21H25BrN2O3/c1-12-8-14(13(2)22)19-15(9-12)17(25)10-18(27-19)16-11-21(20(26)24(16)3)4-6-23-7-5-21/h8-10,13,16,23H,4-7,11H2,1-3H3. The molecule has 144 valence electrons. The van der Waals surface area contributed by atoms with E-state index in [-0.39, 0.29) is 27.6 Å². The Kier molecular flexibility index (Phi) is 4.67. The number of nitrogens with zero attached hydrogens (tertiary/aromatic N) is 1. The summed E-state index contributed by atoms with van der Waals surface area (Å²) < 4.78 is 6.29. The molecule has 1 aromatic carbocycles. The Balaban J connectivity index is 1.83. The summed E-state index contributed by atoms with van der Waals surface area (Å²) in [4.78, 5) is 27.7. The van der Waals surface area contributed by atoms with Crippen LogP contribution in [0.5, 0.6) is 0 Å². The van der Waals surface area contributed by atoms with Crippen LogP contribution in [0.15, 0.2) is 27.4 Å². The van der Waals surface area contributed by atoms with E-state index in [1.54, 1.807) is 11.0 Å².